The molecule has 0 radical (unpaired) electrons. The Morgan fingerprint density at radius 2 is 0.900 bits per heavy atom. The first-order chi connectivity index (χ1) is 2.64. The molecule has 2 N–H and O–H groups in total. The van der Waals surface area contributed by atoms with Crippen molar-refractivity contribution in [3.63, 3.8) is 0 Å². The van der Waals surface area contributed by atoms with Crippen LogP contribution < -0.4 is 0 Å². The maximum absolute atomic E-state index is 9.10. The van der Waals surface area contributed by atoms with Crippen LogP contribution in [0.2, 0.25) is 0 Å². The predicted octanol–water partition coefficient (Wildman–Crippen LogP) is -0.844. The van der Waals surface area contributed by atoms with Gasteiger partial charge in [0.25, 0.3) is 0 Å². The number of carboxylic acids is 2. The summed E-state index contributed by atoms with van der Waals surface area (Å²) < 4.78 is 0. The average molecular weight is 855 g/mol. The number of rotatable bonds is 0. The van der Waals surface area contributed by atoms with E-state index in [4.69, 9.17) is 19.8 Å². The summed E-state index contributed by atoms with van der Waals surface area (Å²) in [6.07, 6.45) is 0. The number of hydrogen-bond donors (Lipinski definition) is 2. The topological polar surface area (TPSA) is 74.6 Å². The molecule has 0 aliphatic heterocycles. The van der Waals surface area contributed by atoms with Crippen molar-refractivity contribution in [3.8, 4) is 0 Å². The van der Waals surface area contributed by atoms with Gasteiger partial charge in [-0.05, 0) is 0 Å². The first kappa shape index (κ1) is 29.2. The number of aliphatic carboxylic acids is 2. The monoisotopic (exact) mass is 850 g/mol. The van der Waals surface area contributed by atoms with E-state index in [1.54, 1.807) is 0 Å². The molecule has 0 saturated heterocycles. The molecule has 50 valence electrons. The van der Waals surface area contributed by atoms with Gasteiger partial charge in [-0.2, -0.15) is 0 Å². The van der Waals surface area contributed by atoms with E-state index in [-0.39, 0.29) is 144 Å². The molecule has 10 heavy (non-hydrogen) atoms. The molecule has 0 bridgehead atoms. The van der Waals surface area contributed by atoms with Crippen LogP contribution in [0, 0.1) is 144 Å². The third-order valence-electron chi connectivity index (χ3n) is 0.183. The van der Waals surface area contributed by atoms with Crippen molar-refractivity contribution in [3.05, 3.63) is 0 Å². The van der Waals surface area contributed by atoms with E-state index in [2.05, 4.69) is 0 Å². The van der Waals surface area contributed by atoms with E-state index in [0.717, 1.165) is 0 Å². The van der Waals surface area contributed by atoms with Crippen LogP contribution in [0.5, 0.6) is 0 Å². The minimum absolute atomic E-state index is 0. The second-order valence-electron chi connectivity index (χ2n) is 0.610. The SMILES string of the molecule is O=C(O)C(=O)O.[Nd].[Nd].[U].[U]. The van der Waals surface area contributed by atoms with Gasteiger partial charge in [0.05, 0.1) is 0 Å². The first-order valence-electron chi connectivity index (χ1n) is 1.11. The van der Waals surface area contributed by atoms with Crippen molar-refractivity contribution < 1.29 is 164 Å². The fourth-order valence-electron chi connectivity index (χ4n) is 0. The minimum Gasteiger partial charge on any atom is -0.473 e. The van der Waals surface area contributed by atoms with Gasteiger partial charge >= 0.3 is 11.9 Å². The molecular weight excluding hydrogens is 853 g/mol. The average Bonchev–Trinajstić information content (AvgIpc) is 1.36. The number of hydrogen-bond acceptors (Lipinski definition) is 2. The Bertz CT molecular complexity index is 85.3. The fourth-order valence-corrected chi connectivity index (χ4v) is 0. The Kier molecular flexibility index (Phi) is 54.0. The molecule has 0 amide bonds. The molecule has 0 fully saturated rings. The molecule has 8 heteroatoms. The summed E-state index contributed by atoms with van der Waals surface area (Å²) >= 11 is 0. The molecule has 0 atom stereocenters. The third-order valence-corrected chi connectivity index (χ3v) is 0.183. The van der Waals surface area contributed by atoms with Crippen molar-refractivity contribution in [2.75, 3.05) is 0 Å². The number of carboxylic acid groups (broad SMARTS) is 2. The molecule has 4 nitrogen and oxygen atoms in total. The Hall–Kier alpha value is 3.75. The van der Waals surface area contributed by atoms with Gasteiger partial charge in [-0.15, -0.1) is 0 Å². The van der Waals surface area contributed by atoms with Crippen LogP contribution in [0.25, 0.3) is 0 Å². The maximum Gasteiger partial charge on any atom is 0.414 e. The molecular formula is C2H2Nd2O4U2. The minimum atomic E-state index is -1.82. The van der Waals surface area contributed by atoms with E-state index in [0.29, 0.717) is 0 Å². The predicted molar refractivity (Wildman–Crippen MR) is 15.3 cm³/mol. The molecule has 0 aliphatic rings. The summed E-state index contributed by atoms with van der Waals surface area (Å²) in [6, 6.07) is 0. The Morgan fingerprint density at radius 1 is 0.800 bits per heavy atom. The van der Waals surface area contributed by atoms with E-state index in [1.165, 1.54) is 0 Å². The Morgan fingerprint density at radius 3 is 0.900 bits per heavy atom. The molecule has 0 heterocycles. The van der Waals surface area contributed by atoms with Gasteiger partial charge in [-0.3, -0.25) is 0 Å². The largest absolute Gasteiger partial charge is 0.473 e. The summed E-state index contributed by atoms with van der Waals surface area (Å²) in [5, 5.41) is 14.8. The van der Waals surface area contributed by atoms with Gasteiger partial charge in [0, 0.05) is 144 Å². The second kappa shape index (κ2) is 18.5. The van der Waals surface area contributed by atoms with Crippen molar-refractivity contribution in [1.82, 2.24) is 0 Å². The number of carbonyl (C=O) groups is 2. The van der Waals surface area contributed by atoms with Crippen LogP contribution in [0.3, 0.4) is 0 Å². The van der Waals surface area contributed by atoms with Crippen molar-refractivity contribution in [2.45, 2.75) is 0 Å². The molecule has 0 rings (SSSR count). The normalized spacial score (nSPS) is 4.40. The smallest absolute Gasteiger partial charge is 0.414 e. The quantitative estimate of drug-likeness (QED) is 0.312. The van der Waals surface area contributed by atoms with Crippen molar-refractivity contribution in [2.24, 2.45) is 0 Å². The van der Waals surface area contributed by atoms with Crippen LogP contribution in [0.1, 0.15) is 0 Å². The summed E-state index contributed by atoms with van der Waals surface area (Å²) in [7, 11) is 0. The van der Waals surface area contributed by atoms with Crippen molar-refractivity contribution in [1.29, 1.82) is 0 Å². The maximum atomic E-state index is 9.10. The summed E-state index contributed by atoms with van der Waals surface area (Å²) in [6.45, 7) is 0. The summed E-state index contributed by atoms with van der Waals surface area (Å²) in [5.74, 6) is -3.65. The van der Waals surface area contributed by atoms with Crippen LogP contribution in [-0.2, 0) is 9.59 Å². The third kappa shape index (κ3) is 22.6. The van der Waals surface area contributed by atoms with Gasteiger partial charge < -0.3 is 10.2 Å². The van der Waals surface area contributed by atoms with Crippen LogP contribution >= 0.6 is 0 Å². The zero-order valence-corrected chi connectivity index (χ0v) is 19.5. The Balaban J connectivity index is -0.0000000208. The van der Waals surface area contributed by atoms with Gasteiger partial charge in [0.1, 0.15) is 0 Å². The zero-order chi connectivity index (χ0) is 5.15. The molecule has 0 aromatic rings. The molecule has 0 saturated carbocycles. The molecule has 0 aromatic carbocycles. The van der Waals surface area contributed by atoms with E-state index < -0.39 is 11.9 Å². The van der Waals surface area contributed by atoms with Gasteiger partial charge in [0.2, 0.25) is 0 Å². The van der Waals surface area contributed by atoms with E-state index >= 15 is 0 Å². The second-order valence-corrected chi connectivity index (χ2v) is 0.610. The van der Waals surface area contributed by atoms with Crippen LogP contribution in [-0.4, -0.2) is 22.2 Å². The summed E-state index contributed by atoms with van der Waals surface area (Å²) in [4.78, 5) is 18.2. The zero-order valence-electron chi connectivity index (χ0n) is 4.71. The van der Waals surface area contributed by atoms with Crippen LogP contribution in [0.4, 0.5) is 0 Å². The van der Waals surface area contributed by atoms with Crippen molar-refractivity contribution >= 4 is 11.9 Å². The van der Waals surface area contributed by atoms with Gasteiger partial charge in [-0.25, -0.2) is 9.59 Å². The Labute approximate surface area is 171 Å². The van der Waals surface area contributed by atoms with Gasteiger partial charge in [-0.1, -0.05) is 0 Å². The van der Waals surface area contributed by atoms with E-state index in [1.807, 2.05) is 0 Å². The van der Waals surface area contributed by atoms with Crippen LogP contribution in [0.15, 0.2) is 0 Å². The first-order valence-corrected chi connectivity index (χ1v) is 1.11. The fraction of sp³-hybridized carbons (Fsp3) is 0. The molecule has 0 spiro atoms. The molecule has 0 aromatic heterocycles. The summed E-state index contributed by atoms with van der Waals surface area (Å²) in [5.41, 5.74) is 0. The molecule has 0 unspecified atom stereocenters. The standard InChI is InChI=1S/C2H2O4.2Nd.2U/c3-1(4)2(5)6;;;;/h(H,3,4)(H,5,6);;;;. The van der Waals surface area contributed by atoms with E-state index in [9.17, 15) is 0 Å². The molecule has 0 aliphatic carbocycles. The van der Waals surface area contributed by atoms with Gasteiger partial charge in [0.15, 0.2) is 0 Å².